The first-order chi connectivity index (χ1) is 23.5. The molecule has 0 radical (unpaired) electrons. The molecule has 6 rings (SSSR count). The number of carboxylic acid groups (broad SMARTS) is 1. The van der Waals surface area contributed by atoms with E-state index in [1.807, 2.05) is 0 Å². The molecule has 16 heteroatoms. The van der Waals surface area contributed by atoms with Gasteiger partial charge in [-0.3, -0.25) is 19.2 Å². The molecule has 3 aromatic rings. The topological polar surface area (TPSA) is 270 Å². The molecule has 2 aliphatic carbocycles. The minimum absolute atomic E-state index is 0.0301. The number of fused-ring (bicyclic) bond motifs is 5. The number of phenolic OH excluding ortho intramolecular Hbond substituents is 3. The summed E-state index contributed by atoms with van der Waals surface area (Å²) in [6, 6.07) is 3.27. The molecule has 0 unspecified atom stereocenters. The van der Waals surface area contributed by atoms with Gasteiger partial charge in [0.05, 0.1) is 29.9 Å². The fraction of sp³-hybridized carbons (Fsp3) is 0.353. The van der Waals surface area contributed by atoms with Gasteiger partial charge in [0, 0.05) is 28.3 Å². The molecule has 1 amide bonds. The summed E-state index contributed by atoms with van der Waals surface area (Å²) in [6.45, 7) is 3.97. The molecular formula is C34H33NO15. The van der Waals surface area contributed by atoms with E-state index in [0.717, 1.165) is 12.1 Å². The number of ketones is 2. The Balaban J connectivity index is 1.60. The number of carboxylic acids is 1. The van der Waals surface area contributed by atoms with E-state index in [4.69, 9.17) is 14.2 Å². The van der Waals surface area contributed by atoms with Crippen molar-refractivity contribution in [2.75, 3.05) is 7.11 Å². The number of rotatable bonds is 6. The highest BCUT2D eigenvalue weighted by molar-refractivity contribution is 6.31. The van der Waals surface area contributed by atoms with Crippen molar-refractivity contribution in [1.82, 2.24) is 5.32 Å². The molecule has 8 atom stereocenters. The van der Waals surface area contributed by atoms with E-state index in [-0.39, 0.29) is 39.1 Å². The maximum atomic E-state index is 13.9. The first-order valence-electron chi connectivity index (χ1n) is 15.3. The van der Waals surface area contributed by atoms with E-state index in [9.17, 15) is 60.0 Å². The number of methoxy groups -OCH3 is 1. The highest BCUT2D eigenvalue weighted by Crippen LogP contribution is 2.57. The van der Waals surface area contributed by atoms with Crippen molar-refractivity contribution in [2.45, 2.75) is 69.7 Å². The number of nitrogens with one attached hydrogen (secondary N) is 1. The van der Waals surface area contributed by atoms with Crippen molar-refractivity contribution in [1.29, 1.82) is 0 Å². The van der Waals surface area contributed by atoms with E-state index in [0.29, 0.717) is 0 Å². The van der Waals surface area contributed by atoms with Gasteiger partial charge in [-0.05, 0) is 49.6 Å². The van der Waals surface area contributed by atoms with Crippen LogP contribution in [0.5, 0.6) is 23.0 Å². The molecule has 1 fully saturated rings. The molecule has 0 bridgehead atoms. The second-order valence-electron chi connectivity index (χ2n) is 12.4. The van der Waals surface area contributed by atoms with Crippen LogP contribution in [0.1, 0.15) is 84.9 Å². The van der Waals surface area contributed by atoms with Crippen LogP contribution in [0.15, 0.2) is 24.3 Å². The van der Waals surface area contributed by atoms with E-state index in [2.05, 4.69) is 5.32 Å². The number of aliphatic hydroxyl groups is 4. The number of amides is 1. The number of phenols is 3. The zero-order chi connectivity index (χ0) is 36.7. The lowest BCUT2D eigenvalue weighted by Gasteiger charge is -2.42. The maximum Gasteiger partial charge on any atom is 0.325 e. The largest absolute Gasteiger partial charge is 0.507 e. The number of carbonyl (C=O) groups is 4. The van der Waals surface area contributed by atoms with Gasteiger partial charge < -0.3 is 60.4 Å². The molecule has 1 aliphatic heterocycles. The van der Waals surface area contributed by atoms with Gasteiger partial charge in [0.15, 0.2) is 17.9 Å². The van der Waals surface area contributed by atoms with Crippen LogP contribution in [0.25, 0.3) is 11.1 Å². The van der Waals surface area contributed by atoms with Crippen LogP contribution >= 0.6 is 0 Å². The Morgan fingerprint density at radius 3 is 2.10 bits per heavy atom. The highest BCUT2D eigenvalue weighted by Gasteiger charge is 2.48. The third kappa shape index (κ3) is 5.15. The summed E-state index contributed by atoms with van der Waals surface area (Å²) in [5.74, 6) is -6.50. The predicted octanol–water partition coefficient (Wildman–Crippen LogP) is 0.698. The smallest absolute Gasteiger partial charge is 0.325 e. The van der Waals surface area contributed by atoms with Crippen LogP contribution in [0.3, 0.4) is 0 Å². The SMILES string of the molecule is COc1cc(O)c2c(c1)C(=O)c1c(cc3c(c1O)-c1c(cc(C)c(C(=O)N[C@H](C)C(=O)O)c1O)[C@H](O[C@@H]1O[C@H](C)[C@H](O)[C@H](O)[C@H]1O)[C@H]3O)C2=O. The zero-order valence-corrected chi connectivity index (χ0v) is 26.9. The molecule has 0 saturated carbocycles. The maximum absolute atomic E-state index is 13.9. The van der Waals surface area contributed by atoms with Crippen LogP contribution in [-0.4, -0.2) is 108 Å². The number of hydrogen-bond acceptors (Lipinski definition) is 14. The van der Waals surface area contributed by atoms with Crippen molar-refractivity contribution >= 4 is 23.4 Å². The van der Waals surface area contributed by atoms with Gasteiger partial charge in [0.2, 0.25) is 0 Å². The molecule has 9 N–H and O–H groups in total. The quantitative estimate of drug-likeness (QED) is 0.134. The second-order valence-corrected chi connectivity index (χ2v) is 12.4. The molecule has 3 aromatic carbocycles. The number of aliphatic hydroxyl groups excluding tert-OH is 4. The summed E-state index contributed by atoms with van der Waals surface area (Å²) in [5.41, 5.74) is -3.19. The predicted molar refractivity (Wildman–Crippen MR) is 167 cm³/mol. The average molecular weight is 696 g/mol. The van der Waals surface area contributed by atoms with E-state index in [1.54, 1.807) is 0 Å². The molecule has 50 heavy (non-hydrogen) atoms. The summed E-state index contributed by atoms with van der Waals surface area (Å²) in [6.07, 6.45) is -11.3. The number of ether oxygens (including phenoxy) is 3. The average Bonchev–Trinajstić information content (AvgIpc) is 3.06. The number of hydrogen-bond donors (Lipinski definition) is 9. The van der Waals surface area contributed by atoms with Crippen molar-refractivity contribution in [2.24, 2.45) is 0 Å². The number of aliphatic carboxylic acids is 1. The van der Waals surface area contributed by atoms with Crippen LogP contribution in [0.4, 0.5) is 0 Å². The Kier molecular flexibility index (Phi) is 8.58. The number of carbonyl (C=O) groups excluding carboxylic acids is 3. The Hall–Kier alpha value is -5.10. The second kappa shape index (κ2) is 12.3. The summed E-state index contributed by atoms with van der Waals surface area (Å²) >= 11 is 0. The molecule has 0 spiro atoms. The van der Waals surface area contributed by atoms with E-state index >= 15 is 0 Å². The molecule has 16 nitrogen and oxygen atoms in total. The summed E-state index contributed by atoms with van der Waals surface area (Å²) in [4.78, 5) is 52.5. The van der Waals surface area contributed by atoms with Gasteiger partial charge >= 0.3 is 5.97 Å². The van der Waals surface area contributed by atoms with Crippen molar-refractivity contribution in [3.63, 3.8) is 0 Å². The summed E-state index contributed by atoms with van der Waals surface area (Å²) in [7, 11) is 1.27. The van der Waals surface area contributed by atoms with Gasteiger partial charge in [-0.15, -0.1) is 0 Å². The van der Waals surface area contributed by atoms with E-state index in [1.165, 1.54) is 40.0 Å². The Morgan fingerprint density at radius 1 is 0.840 bits per heavy atom. The fourth-order valence-electron chi connectivity index (χ4n) is 6.68. The number of aryl methyl sites for hydroxylation is 1. The van der Waals surface area contributed by atoms with Gasteiger partial charge in [-0.25, -0.2) is 0 Å². The highest BCUT2D eigenvalue weighted by atomic mass is 16.7. The van der Waals surface area contributed by atoms with Crippen LogP contribution < -0.4 is 10.1 Å². The number of aromatic hydroxyl groups is 3. The third-order valence-electron chi connectivity index (χ3n) is 9.33. The van der Waals surface area contributed by atoms with Crippen molar-refractivity contribution in [3.8, 4) is 34.1 Å². The lowest BCUT2D eigenvalue weighted by molar-refractivity contribution is -0.312. The summed E-state index contributed by atoms with van der Waals surface area (Å²) in [5, 5.41) is 89.0. The Bertz CT molecular complexity index is 1990. The normalized spacial score (nSPS) is 25.9. The van der Waals surface area contributed by atoms with Gasteiger partial charge in [-0.2, -0.15) is 0 Å². The third-order valence-corrected chi connectivity index (χ3v) is 9.33. The molecule has 0 aromatic heterocycles. The molecule has 1 heterocycles. The lowest BCUT2D eigenvalue weighted by atomic mass is 9.74. The van der Waals surface area contributed by atoms with E-state index < -0.39 is 112 Å². The minimum atomic E-state index is -1.84. The van der Waals surface area contributed by atoms with Crippen LogP contribution in [0, 0.1) is 6.92 Å². The van der Waals surface area contributed by atoms with Crippen molar-refractivity contribution in [3.05, 3.63) is 68.8 Å². The lowest BCUT2D eigenvalue weighted by Crippen LogP contribution is -2.57. The van der Waals surface area contributed by atoms with Gasteiger partial charge in [-0.1, -0.05) is 6.07 Å². The van der Waals surface area contributed by atoms with Crippen LogP contribution in [-0.2, 0) is 14.3 Å². The monoisotopic (exact) mass is 695 g/mol. The molecular weight excluding hydrogens is 662 g/mol. The first kappa shape index (κ1) is 34.8. The van der Waals surface area contributed by atoms with Crippen LogP contribution in [0.2, 0.25) is 0 Å². The van der Waals surface area contributed by atoms with Gasteiger partial charge in [0.25, 0.3) is 5.91 Å². The Morgan fingerprint density at radius 2 is 1.46 bits per heavy atom. The zero-order valence-electron chi connectivity index (χ0n) is 26.9. The minimum Gasteiger partial charge on any atom is -0.507 e. The fourth-order valence-corrected chi connectivity index (χ4v) is 6.68. The van der Waals surface area contributed by atoms with Crippen molar-refractivity contribution < 1.29 is 74.2 Å². The molecule has 3 aliphatic rings. The van der Waals surface area contributed by atoms with Gasteiger partial charge in [0.1, 0.15) is 59.6 Å². The Labute approximate surface area is 282 Å². The molecule has 1 saturated heterocycles. The first-order valence-corrected chi connectivity index (χ1v) is 15.3. The standard InChI is InChI=1S/C34H33NO15/c1-9-5-16-21(27(41)18(9)32(45)35-10(2)33(46)47)20-14(26(40)31(16)50-34-30(44)29(43)23(37)11(3)49-34)8-15-22(28(20)42)25(39)13-6-12(48-4)7-17(36)19(13)24(15)38/h5-8,10-11,23,26,29-31,34,36-37,40-44H,1-4H3,(H,35,45)(H,46,47)/t10-,11-,23+,26+,29+,30-,31+,34+/m1/s1. The molecule has 264 valence electrons. The summed E-state index contributed by atoms with van der Waals surface area (Å²) < 4.78 is 16.7. The number of benzene rings is 3.